The Bertz CT molecular complexity index is 339. The Hall–Kier alpha value is -0.870. The summed E-state index contributed by atoms with van der Waals surface area (Å²) >= 11 is 0. The van der Waals surface area contributed by atoms with Crippen molar-refractivity contribution in [1.82, 2.24) is 15.1 Å². The lowest BCUT2D eigenvalue weighted by Gasteiger charge is -2.19. The first-order valence-corrected chi connectivity index (χ1v) is 6.74. The lowest BCUT2D eigenvalue weighted by atomic mass is 10.2. The van der Waals surface area contributed by atoms with Gasteiger partial charge in [0.05, 0.1) is 24.4 Å². The van der Waals surface area contributed by atoms with Gasteiger partial charge in [0.1, 0.15) is 0 Å². The highest BCUT2D eigenvalue weighted by molar-refractivity contribution is 5.00. The molecule has 1 rings (SSSR count). The standard InChI is InChI=1S/C14H27N3O/c1-12(2)10-15-11-13-6-7-16-17(13)8-9-18-14(3,4)5/h6-7,12,15H,8-11H2,1-5H3. The average Bonchev–Trinajstić information content (AvgIpc) is 2.63. The van der Waals surface area contributed by atoms with Crippen molar-refractivity contribution >= 4 is 0 Å². The van der Waals surface area contributed by atoms with Crippen molar-refractivity contribution < 1.29 is 4.74 Å². The molecule has 0 aromatic carbocycles. The van der Waals surface area contributed by atoms with E-state index >= 15 is 0 Å². The molecule has 0 fully saturated rings. The second-order valence-corrected chi connectivity index (χ2v) is 6.03. The maximum absolute atomic E-state index is 5.72. The number of rotatable bonds is 7. The van der Waals surface area contributed by atoms with E-state index in [-0.39, 0.29) is 5.60 Å². The Balaban J connectivity index is 2.35. The van der Waals surface area contributed by atoms with Gasteiger partial charge >= 0.3 is 0 Å². The Kier molecular flexibility index (Phi) is 5.82. The summed E-state index contributed by atoms with van der Waals surface area (Å²) in [7, 11) is 0. The minimum Gasteiger partial charge on any atom is -0.374 e. The molecule has 0 spiro atoms. The fourth-order valence-corrected chi connectivity index (χ4v) is 1.64. The summed E-state index contributed by atoms with van der Waals surface area (Å²) in [4.78, 5) is 0. The van der Waals surface area contributed by atoms with E-state index in [1.807, 2.05) is 10.9 Å². The third kappa shape index (κ3) is 6.17. The molecule has 1 heterocycles. The molecular formula is C14H27N3O. The van der Waals surface area contributed by atoms with Crippen LogP contribution < -0.4 is 5.32 Å². The van der Waals surface area contributed by atoms with Gasteiger partial charge in [-0.2, -0.15) is 5.10 Å². The van der Waals surface area contributed by atoms with E-state index in [1.54, 1.807) is 0 Å². The second kappa shape index (κ2) is 6.90. The van der Waals surface area contributed by atoms with Crippen molar-refractivity contribution in [3.05, 3.63) is 18.0 Å². The Morgan fingerprint density at radius 2 is 2.11 bits per heavy atom. The van der Waals surface area contributed by atoms with Gasteiger partial charge in [-0.25, -0.2) is 0 Å². The Morgan fingerprint density at radius 3 is 2.72 bits per heavy atom. The Morgan fingerprint density at radius 1 is 1.39 bits per heavy atom. The van der Waals surface area contributed by atoms with Crippen LogP contribution in [0.1, 0.15) is 40.3 Å². The largest absolute Gasteiger partial charge is 0.374 e. The predicted molar refractivity (Wildman–Crippen MR) is 74.5 cm³/mol. The molecule has 0 aliphatic rings. The van der Waals surface area contributed by atoms with E-state index in [4.69, 9.17) is 4.74 Å². The van der Waals surface area contributed by atoms with E-state index < -0.39 is 0 Å². The van der Waals surface area contributed by atoms with E-state index in [9.17, 15) is 0 Å². The van der Waals surface area contributed by atoms with Crippen LogP contribution in [0.2, 0.25) is 0 Å². The van der Waals surface area contributed by atoms with Crippen LogP contribution in [0.15, 0.2) is 12.3 Å². The number of ether oxygens (including phenoxy) is 1. The molecule has 1 aromatic heterocycles. The van der Waals surface area contributed by atoms with Crippen LogP contribution in [-0.2, 0) is 17.8 Å². The van der Waals surface area contributed by atoms with Gasteiger partial charge in [-0.05, 0) is 39.3 Å². The molecule has 0 radical (unpaired) electrons. The third-order valence-corrected chi connectivity index (χ3v) is 2.50. The summed E-state index contributed by atoms with van der Waals surface area (Å²) in [5.74, 6) is 0.672. The van der Waals surface area contributed by atoms with Crippen LogP contribution >= 0.6 is 0 Å². The second-order valence-electron chi connectivity index (χ2n) is 6.03. The molecule has 0 aliphatic heterocycles. The first-order valence-electron chi connectivity index (χ1n) is 6.74. The number of nitrogens with one attached hydrogen (secondary N) is 1. The number of hydrogen-bond donors (Lipinski definition) is 1. The van der Waals surface area contributed by atoms with Gasteiger partial charge in [-0.1, -0.05) is 13.8 Å². The van der Waals surface area contributed by atoms with Crippen LogP contribution in [0.25, 0.3) is 0 Å². The minimum atomic E-state index is -0.0801. The van der Waals surface area contributed by atoms with Gasteiger partial charge in [-0.3, -0.25) is 4.68 Å². The Labute approximate surface area is 111 Å². The van der Waals surface area contributed by atoms with Gasteiger partial charge in [0, 0.05) is 12.7 Å². The molecule has 0 saturated carbocycles. The summed E-state index contributed by atoms with van der Waals surface area (Å²) in [5, 5.41) is 7.76. The molecule has 0 bridgehead atoms. The zero-order chi connectivity index (χ0) is 13.6. The zero-order valence-electron chi connectivity index (χ0n) is 12.4. The predicted octanol–water partition coefficient (Wildman–Crippen LogP) is 2.44. The van der Waals surface area contributed by atoms with Crippen LogP contribution in [0.5, 0.6) is 0 Å². The summed E-state index contributed by atoms with van der Waals surface area (Å²) in [6, 6.07) is 2.06. The van der Waals surface area contributed by atoms with E-state index in [2.05, 4.69) is 51.1 Å². The fraction of sp³-hybridized carbons (Fsp3) is 0.786. The first kappa shape index (κ1) is 15.2. The molecule has 1 N–H and O–H groups in total. The molecule has 104 valence electrons. The lowest BCUT2D eigenvalue weighted by molar-refractivity contribution is -0.00818. The SMILES string of the molecule is CC(C)CNCc1ccnn1CCOC(C)(C)C. The maximum atomic E-state index is 5.72. The quantitative estimate of drug-likeness (QED) is 0.811. The van der Waals surface area contributed by atoms with E-state index in [1.165, 1.54) is 5.69 Å². The van der Waals surface area contributed by atoms with Gasteiger partial charge in [0.25, 0.3) is 0 Å². The molecule has 0 aliphatic carbocycles. The van der Waals surface area contributed by atoms with Gasteiger partial charge in [-0.15, -0.1) is 0 Å². The van der Waals surface area contributed by atoms with Crippen molar-refractivity contribution in [2.45, 2.75) is 53.3 Å². The van der Waals surface area contributed by atoms with Gasteiger partial charge in [0.2, 0.25) is 0 Å². The fourth-order valence-electron chi connectivity index (χ4n) is 1.64. The molecule has 4 heteroatoms. The maximum Gasteiger partial charge on any atom is 0.0669 e. The number of aromatic nitrogens is 2. The van der Waals surface area contributed by atoms with Crippen molar-refractivity contribution in [2.24, 2.45) is 5.92 Å². The van der Waals surface area contributed by atoms with Crippen LogP contribution in [0.3, 0.4) is 0 Å². The third-order valence-electron chi connectivity index (χ3n) is 2.50. The molecular weight excluding hydrogens is 226 g/mol. The molecule has 0 amide bonds. The smallest absolute Gasteiger partial charge is 0.0669 e. The van der Waals surface area contributed by atoms with Gasteiger partial charge < -0.3 is 10.1 Å². The normalized spacial score (nSPS) is 12.3. The molecule has 0 saturated heterocycles. The average molecular weight is 253 g/mol. The van der Waals surface area contributed by atoms with Crippen molar-refractivity contribution in [2.75, 3.05) is 13.2 Å². The minimum absolute atomic E-state index is 0.0801. The lowest BCUT2D eigenvalue weighted by Crippen LogP contribution is -2.24. The van der Waals surface area contributed by atoms with Crippen LogP contribution in [-0.4, -0.2) is 28.5 Å². The monoisotopic (exact) mass is 253 g/mol. The van der Waals surface area contributed by atoms with Crippen LogP contribution in [0, 0.1) is 5.92 Å². The van der Waals surface area contributed by atoms with Crippen molar-refractivity contribution in [3.8, 4) is 0 Å². The van der Waals surface area contributed by atoms with E-state index in [0.29, 0.717) is 12.5 Å². The topological polar surface area (TPSA) is 39.1 Å². The molecule has 0 atom stereocenters. The first-order chi connectivity index (χ1) is 8.38. The van der Waals surface area contributed by atoms with Crippen molar-refractivity contribution in [1.29, 1.82) is 0 Å². The summed E-state index contributed by atoms with van der Waals surface area (Å²) in [6.07, 6.45) is 1.85. The highest BCUT2D eigenvalue weighted by Gasteiger charge is 2.10. The molecule has 18 heavy (non-hydrogen) atoms. The highest BCUT2D eigenvalue weighted by Crippen LogP contribution is 2.07. The highest BCUT2D eigenvalue weighted by atomic mass is 16.5. The summed E-state index contributed by atoms with van der Waals surface area (Å²) in [5.41, 5.74) is 1.14. The summed E-state index contributed by atoms with van der Waals surface area (Å²) in [6.45, 7) is 14.0. The zero-order valence-corrected chi connectivity index (χ0v) is 12.4. The molecule has 4 nitrogen and oxygen atoms in total. The number of hydrogen-bond acceptors (Lipinski definition) is 3. The van der Waals surface area contributed by atoms with E-state index in [0.717, 1.165) is 19.6 Å². The molecule has 0 unspecified atom stereocenters. The van der Waals surface area contributed by atoms with Gasteiger partial charge in [0.15, 0.2) is 0 Å². The molecule has 1 aromatic rings. The number of nitrogens with zero attached hydrogens (tertiary/aromatic N) is 2. The summed E-state index contributed by atoms with van der Waals surface area (Å²) < 4.78 is 7.73. The van der Waals surface area contributed by atoms with Crippen LogP contribution in [0.4, 0.5) is 0 Å². The van der Waals surface area contributed by atoms with Crippen molar-refractivity contribution in [3.63, 3.8) is 0 Å².